The Kier molecular flexibility index (Phi) is 4.28. The van der Waals surface area contributed by atoms with Gasteiger partial charge in [0.25, 0.3) is 0 Å². The second-order valence-corrected chi connectivity index (χ2v) is 5.49. The first kappa shape index (κ1) is 14.5. The van der Waals surface area contributed by atoms with Crippen LogP contribution in [0.25, 0.3) is 0 Å². The molecule has 2 aromatic rings. The summed E-state index contributed by atoms with van der Waals surface area (Å²) >= 11 is 9.27. The Morgan fingerprint density at radius 2 is 2.21 bits per heavy atom. The fraction of sp³-hybridized carbons (Fsp3) is 0.308. The van der Waals surface area contributed by atoms with E-state index in [-0.39, 0.29) is 4.47 Å². The second-order valence-electron chi connectivity index (χ2n) is 4.34. The van der Waals surface area contributed by atoms with Crippen LogP contribution in [0.2, 0.25) is 5.15 Å². The highest BCUT2D eigenvalue weighted by molar-refractivity contribution is 9.10. The molecule has 1 aromatic heterocycles. The van der Waals surface area contributed by atoms with Crippen LogP contribution in [-0.4, -0.2) is 14.9 Å². The molecule has 1 aromatic carbocycles. The normalized spacial score (nSPS) is 12.7. The lowest BCUT2D eigenvalue weighted by Crippen LogP contribution is -2.04. The molecule has 0 bridgehead atoms. The molecule has 6 heteroatoms. The molecule has 0 aliphatic carbocycles. The van der Waals surface area contributed by atoms with Crippen LogP contribution in [0.1, 0.15) is 22.9 Å². The van der Waals surface area contributed by atoms with Crippen LogP contribution in [0.3, 0.4) is 0 Å². The van der Waals surface area contributed by atoms with E-state index in [4.69, 9.17) is 11.6 Å². The van der Waals surface area contributed by atoms with Gasteiger partial charge < -0.3 is 5.11 Å². The lowest BCUT2D eigenvalue weighted by atomic mass is 10.0. The van der Waals surface area contributed by atoms with E-state index in [1.807, 2.05) is 6.92 Å². The standard InChI is InChI=1S/C13H13BrClFN2O/c1-7-9(13(15)18(2)17-7)6-11(19)8-4-3-5-10(16)12(8)14/h3-5,11,19H,6H2,1-2H3. The highest BCUT2D eigenvalue weighted by Gasteiger charge is 2.19. The molecule has 19 heavy (non-hydrogen) atoms. The van der Waals surface area contributed by atoms with Crippen molar-refractivity contribution in [3.05, 3.63) is 50.5 Å². The molecule has 3 nitrogen and oxygen atoms in total. The SMILES string of the molecule is Cc1nn(C)c(Cl)c1CC(O)c1cccc(F)c1Br. The highest BCUT2D eigenvalue weighted by atomic mass is 79.9. The van der Waals surface area contributed by atoms with Gasteiger partial charge in [-0.05, 0) is 34.5 Å². The van der Waals surface area contributed by atoms with Crippen LogP contribution in [0.5, 0.6) is 0 Å². The molecule has 0 aliphatic rings. The number of aryl methyl sites for hydroxylation is 2. The molecule has 0 amide bonds. The predicted octanol–water partition coefficient (Wildman–Crippen LogP) is 3.56. The molecule has 102 valence electrons. The van der Waals surface area contributed by atoms with E-state index in [2.05, 4.69) is 21.0 Å². The molecule has 0 radical (unpaired) electrons. The van der Waals surface area contributed by atoms with Gasteiger partial charge in [-0.15, -0.1) is 0 Å². The Labute approximate surface area is 124 Å². The lowest BCUT2D eigenvalue weighted by Gasteiger charge is -2.13. The number of aliphatic hydroxyl groups excluding tert-OH is 1. The maximum Gasteiger partial charge on any atom is 0.137 e. The van der Waals surface area contributed by atoms with Crippen LogP contribution in [-0.2, 0) is 13.5 Å². The van der Waals surface area contributed by atoms with Crippen molar-refractivity contribution in [3.63, 3.8) is 0 Å². The molecule has 1 N–H and O–H groups in total. The van der Waals surface area contributed by atoms with Crippen molar-refractivity contribution in [1.82, 2.24) is 9.78 Å². The Bertz CT molecular complexity index is 615. The molecule has 0 fully saturated rings. The summed E-state index contributed by atoms with van der Waals surface area (Å²) < 4.78 is 15.3. The van der Waals surface area contributed by atoms with Crippen LogP contribution in [0.4, 0.5) is 4.39 Å². The second kappa shape index (κ2) is 5.61. The summed E-state index contributed by atoms with van der Waals surface area (Å²) in [5, 5.41) is 14.9. The van der Waals surface area contributed by atoms with Crippen molar-refractivity contribution in [2.24, 2.45) is 7.05 Å². The predicted molar refractivity (Wildman–Crippen MR) is 75.7 cm³/mol. The van der Waals surface area contributed by atoms with Gasteiger partial charge in [0.1, 0.15) is 11.0 Å². The highest BCUT2D eigenvalue weighted by Crippen LogP contribution is 2.30. The minimum absolute atomic E-state index is 0.278. The van der Waals surface area contributed by atoms with Crippen molar-refractivity contribution >= 4 is 27.5 Å². The van der Waals surface area contributed by atoms with Gasteiger partial charge in [-0.1, -0.05) is 23.7 Å². The zero-order valence-electron chi connectivity index (χ0n) is 10.5. The Morgan fingerprint density at radius 3 is 2.79 bits per heavy atom. The third kappa shape index (κ3) is 2.83. The number of aliphatic hydroxyl groups is 1. The number of nitrogens with zero attached hydrogens (tertiary/aromatic N) is 2. The summed E-state index contributed by atoms with van der Waals surface area (Å²) in [6.45, 7) is 1.83. The van der Waals surface area contributed by atoms with Crippen LogP contribution >= 0.6 is 27.5 Å². The molecular weight excluding hydrogens is 335 g/mol. The van der Waals surface area contributed by atoms with Gasteiger partial charge in [-0.3, -0.25) is 4.68 Å². The van der Waals surface area contributed by atoms with E-state index in [0.29, 0.717) is 17.1 Å². The molecule has 1 unspecified atom stereocenters. The number of benzene rings is 1. The number of hydrogen-bond donors (Lipinski definition) is 1. The first-order chi connectivity index (χ1) is 8.91. The molecule has 0 saturated carbocycles. The van der Waals surface area contributed by atoms with Crippen LogP contribution < -0.4 is 0 Å². The van der Waals surface area contributed by atoms with Crippen molar-refractivity contribution in [2.45, 2.75) is 19.4 Å². The number of aromatic nitrogens is 2. The molecule has 1 atom stereocenters. The van der Waals surface area contributed by atoms with Gasteiger partial charge in [-0.2, -0.15) is 5.10 Å². The maximum absolute atomic E-state index is 13.4. The van der Waals surface area contributed by atoms with Crippen molar-refractivity contribution in [1.29, 1.82) is 0 Å². The summed E-state index contributed by atoms with van der Waals surface area (Å²) in [4.78, 5) is 0. The van der Waals surface area contributed by atoms with E-state index in [1.54, 1.807) is 23.9 Å². The van der Waals surface area contributed by atoms with Crippen molar-refractivity contribution < 1.29 is 9.50 Å². The van der Waals surface area contributed by atoms with Crippen molar-refractivity contribution in [2.75, 3.05) is 0 Å². The van der Waals surface area contributed by atoms with Gasteiger partial charge in [0, 0.05) is 19.0 Å². The third-order valence-electron chi connectivity index (χ3n) is 3.01. The number of hydrogen-bond acceptors (Lipinski definition) is 2. The first-order valence-corrected chi connectivity index (χ1v) is 6.89. The first-order valence-electron chi connectivity index (χ1n) is 5.71. The monoisotopic (exact) mass is 346 g/mol. The Morgan fingerprint density at radius 1 is 1.53 bits per heavy atom. The summed E-state index contributed by atoms with van der Waals surface area (Å²) in [5.74, 6) is -0.398. The summed E-state index contributed by atoms with van der Waals surface area (Å²) in [5.41, 5.74) is 2.03. The fourth-order valence-corrected chi connectivity index (χ4v) is 2.77. The van der Waals surface area contributed by atoms with E-state index in [1.165, 1.54) is 6.07 Å². The average molecular weight is 348 g/mol. The zero-order valence-corrected chi connectivity index (χ0v) is 12.8. The molecular formula is C13H13BrClFN2O. The molecule has 0 spiro atoms. The van der Waals surface area contributed by atoms with Crippen molar-refractivity contribution in [3.8, 4) is 0 Å². The van der Waals surface area contributed by atoms with E-state index in [0.717, 1.165) is 11.3 Å². The molecule has 0 saturated heterocycles. The van der Waals surface area contributed by atoms with E-state index < -0.39 is 11.9 Å². The van der Waals surface area contributed by atoms with Gasteiger partial charge in [-0.25, -0.2) is 4.39 Å². The Balaban J connectivity index is 2.31. The smallest absolute Gasteiger partial charge is 0.137 e. The summed E-state index contributed by atoms with van der Waals surface area (Å²) in [6.07, 6.45) is -0.550. The summed E-state index contributed by atoms with van der Waals surface area (Å²) in [7, 11) is 1.74. The topological polar surface area (TPSA) is 38.0 Å². The molecule has 2 rings (SSSR count). The average Bonchev–Trinajstić information content (AvgIpc) is 2.59. The maximum atomic E-state index is 13.4. The van der Waals surface area contributed by atoms with Gasteiger partial charge in [0.05, 0.1) is 16.3 Å². The Hall–Kier alpha value is -0.910. The fourth-order valence-electron chi connectivity index (χ4n) is 1.99. The minimum atomic E-state index is -0.842. The van der Waals surface area contributed by atoms with Crippen LogP contribution in [0.15, 0.2) is 22.7 Å². The lowest BCUT2D eigenvalue weighted by molar-refractivity contribution is 0.177. The minimum Gasteiger partial charge on any atom is -0.388 e. The van der Waals surface area contributed by atoms with Gasteiger partial charge in [0.2, 0.25) is 0 Å². The molecule has 1 heterocycles. The number of rotatable bonds is 3. The molecule has 0 aliphatic heterocycles. The quantitative estimate of drug-likeness (QED) is 0.922. The number of halogens is 3. The summed E-state index contributed by atoms with van der Waals surface area (Å²) in [6, 6.07) is 4.58. The van der Waals surface area contributed by atoms with Gasteiger partial charge in [0.15, 0.2) is 0 Å². The van der Waals surface area contributed by atoms with E-state index >= 15 is 0 Å². The van der Waals surface area contributed by atoms with E-state index in [9.17, 15) is 9.50 Å². The van der Waals surface area contributed by atoms with Gasteiger partial charge >= 0.3 is 0 Å². The largest absolute Gasteiger partial charge is 0.388 e. The van der Waals surface area contributed by atoms with Crippen LogP contribution in [0, 0.1) is 12.7 Å². The third-order valence-corrected chi connectivity index (χ3v) is 4.32. The zero-order chi connectivity index (χ0) is 14.2.